The average molecular weight is 409 g/mol. The zero-order valence-electron chi connectivity index (χ0n) is 18.5. The van der Waals surface area contributed by atoms with Crippen molar-refractivity contribution in [3.05, 3.63) is 88.0 Å². The quantitative estimate of drug-likeness (QED) is 0.602. The molecule has 0 bridgehead atoms. The van der Waals surface area contributed by atoms with E-state index in [2.05, 4.69) is 39.8 Å². The maximum atomic E-state index is 12.5. The third kappa shape index (κ3) is 3.24. The summed E-state index contributed by atoms with van der Waals surface area (Å²) in [5.74, 6) is 0. The summed E-state index contributed by atoms with van der Waals surface area (Å²) in [6.07, 6.45) is 1.85. The zero-order valence-corrected chi connectivity index (χ0v) is 19.3. The summed E-state index contributed by atoms with van der Waals surface area (Å²) < 4.78 is 0. The maximum absolute atomic E-state index is 12.5. The van der Waals surface area contributed by atoms with Crippen LogP contribution in [0.4, 0.5) is 0 Å². The van der Waals surface area contributed by atoms with E-state index in [1.807, 2.05) is 56.3 Å². The van der Waals surface area contributed by atoms with Crippen LogP contribution in [-0.4, -0.2) is 9.79 Å². The van der Waals surface area contributed by atoms with E-state index >= 15 is 0 Å². The first-order valence-electron chi connectivity index (χ1n) is 10.4. The van der Waals surface area contributed by atoms with Crippen LogP contribution in [0.2, 0.25) is 0 Å². The van der Waals surface area contributed by atoms with Crippen molar-refractivity contribution in [1.82, 2.24) is 0 Å². The summed E-state index contributed by atoms with van der Waals surface area (Å²) >= 11 is 0. The first kappa shape index (κ1) is 21.7. The van der Waals surface area contributed by atoms with Crippen LogP contribution in [0.5, 0.6) is 0 Å². The predicted molar refractivity (Wildman–Crippen MR) is 127 cm³/mol. The summed E-state index contributed by atoms with van der Waals surface area (Å²) in [6, 6.07) is 17.4. The molecule has 3 rings (SSSR count). The Morgan fingerprint density at radius 1 is 0.586 bits per heavy atom. The van der Waals surface area contributed by atoms with Crippen molar-refractivity contribution in [2.24, 2.45) is 0 Å². The van der Waals surface area contributed by atoms with Crippen LogP contribution in [0.1, 0.15) is 47.2 Å². The fraction of sp³-hybridized carbons (Fsp3) is 0.308. The first-order valence-corrected chi connectivity index (χ1v) is 12.6. The molecule has 0 heterocycles. The summed E-state index contributed by atoms with van der Waals surface area (Å²) in [5, 5.41) is 1.87. The summed E-state index contributed by atoms with van der Waals surface area (Å²) in [5.41, 5.74) is 6.69. The monoisotopic (exact) mass is 408 g/mol. The summed E-state index contributed by atoms with van der Waals surface area (Å²) in [6.45, 7) is 12.5. The van der Waals surface area contributed by atoms with Crippen LogP contribution in [0.15, 0.2) is 54.6 Å². The third-order valence-corrected chi connectivity index (χ3v) is 10.7. The molecular formula is C26H33O2P. The summed E-state index contributed by atoms with van der Waals surface area (Å²) in [4.78, 5) is 25.0. The van der Waals surface area contributed by atoms with Crippen LogP contribution in [-0.2, 0) is 12.8 Å². The average Bonchev–Trinajstić information content (AvgIpc) is 2.72. The van der Waals surface area contributed by atoms with Gasteiger partial charge in [0.15, 0.2) is 0 Å². The van der Waals surface area contributed by atoms with Crippen molar-refractivity contribution < 1.29 is 9.79 Å². The molecule has 0 aromatic heterocycles. The molecule has 0 saturated heterocycles. The number of hydrogen-bond acceptors (Lipinski definition) is 2. The molecule has 0 aliphatic heterocycles. The third-order valence-electron chi connectivity index (χ3n) is 6.66. The topological polar surface area (TPSA) is 40.5 Å². The van der Waals surface area contributed by atoms with E-state index in [0.717, 1.165) is 35.1 Å². The van der Waals surface area contributed by atoms with E-state index in [9.17, 15) is 9.79 Å². The Morgan fingerprint density at radius 3 is 1.38 bits per heavy atom. The van der Waals surface area contributed by atoms with Crippen molar-refractivity contribution in [1.29, 1.82) is 0 Å². The number of hydrogen-bond donors (Lipinski definition) is 2. The number of aryl methyl sites for hydroxylation is 2. The SMILES string of the molecule is CCc1ccc(P(O)(O)(c2ccccc2)c2ccc(CC)c(C)c2C)c(C)c1C. The van der Waals surface area contributed by atoms with Crippen LogP contribution in [0.3, 0.4) is 0 Å². The van der Waals surface area contributed by atoms with Crippen molar-refractivity contribution in [2.45, 2.75) is 54.4 Å². The molecule has 0 spiro atoms. The molecule has 2 nitrogen and oxygen atoms in total. The molecule has 0 aliphatic carbocycles. The van der Waals surface area contributed by atoms with Gasteiger partial charge in [-0.2, -0.15) is 0 Å². The van der Waals surface area contributed by atoms with Crippen molar-refractivity contribution in [3.8, 4) is 0 Å². The minimum absolute atomic E-state index is 0.581. The summed E-state index contributed by atoms with van der Waals surface area (Å²) in [7, 11) is -4.61. The minimum atomic E-state index is -4.61. The molecule has 0 aliphatic rings. The van der Waals surface area contributed by atoms with Gasteiger partial charge in [0.2, 0.25) is 0 Å². The van der Waals surface area contributed by atoms with Gasteiger partial charge in [0.25, 0.3) is 0 Å². The zero-order chi connectivity index (χ0) is 21.4. The van der Waals surface area contributed by atoms with Gasteiger partial charge in [-0.15, -0.1) is 0 Å². The van der Waals surface area contributed by atoms with Gasteiger partial charge in [0.1, 0.15) is 0 Å². The molecular weight excluding hydrogens is 375 g/mol. The van der Waals surface area contributed by atoms with E-state index in [1.54, 1.807) is 0 Å². The standard InChI is InChI=1S/C26H33O2P/c1-7-22-14-16-25(20(5)18(22)3)29(27,28,24-12-10-9-11-13-24)26-17-15-23(8-2)19(4)21(26)6/h9-17,27-28H,7-8H2,1-6H3. The van der Waals surface area contributed by atoms with E-state index in [4.69, 9.17) is 0 Å². The van der Waals surface area contributed by atoms with Crippen molar-refractivity contribution >= 4 is 23.0 Å². The molecule has 0 saturated carbocycles. The van der Waals surface area contributed by atoms with E-state index in [-0.39, 0.29) is 0 Å². The number of rotatable bonds is 5. The Kier molecular flexibility index (Phi) is 5.75. The van der Waals surface area contributed by atoms with Gasteiger partial charge in [-0.1, -0.05) is 0 Å². The Labute approximate surface area is 175 Å². The fourth-order valence-corrected chi connectivity index (χ4v) is 8.40. The van der Waals surface area contributed by atoms with Gasteiger partial charge < -0.3 is 0 Å². The second kappa shape index (κ2) is 7.69. The second-order valence-electron chi connectivity index (χ2n) is 8.06. The molecule has 154 valence electrons. The molecule has 0 radical (unpaired) electrons. The van der Waals surface area contributed by atoms with Gasteiger partial charge in [-0.3, -0.25) is 0 Å². The van der Waals surface area contributed by atoms with Crippen molar-refractivity contribution in [2.75, 3.05) is 0 Å². The van der Waals surface area contributed by atoms with Crippen LogP contribution < -0.4 is 15.9 Å². The van der Waals surface area contributed by atoms with E-state index in [0.29, 0.717) is 15.9 Å². The van der Waals surface area contributed by atoms with Gasteiger partial charge in [0.05, 0.1) is 0 Å². The molecule has 0 fully saturated rings. The Balaban J connectivity index is 2.47. The molecule has 3 aromatic rings. The fourth-order valence-electron chi connectivity index (χ4n) is 4.53. The van der Waals surface area contributed by atoms with E-state index < -0.39 is 7.06 Å². The number of benzene rings is 3. The molecule has 0 unspecified atom stereocenters. The van der Waals surface area contributed by atoms with Gasteiger partial charge in [-0.05, 0) is 0 Å². The normalized spacial score (nSPS) is 13.2. The molecule has 2 N–H and O–H groups in total. The molecule has 3 heteroatoms. The van der Waals surface area contributed by atoms with Crippen molar-refractivity contribution in [3.63, 3.8) is 0 Å². The molecule has 0 atom stereocenters. The first-order chi connectivity index (χ1) is 13.7. The Hall–Kier alpha value is -1.99. The second-order valence-corrected chi connectivity index (χ2v) is 11.6. The van der Waals surface area contributed by atoms with E-state index in [1.165, 1.54) is 11.1 Å². The Morgan fingerprint density at radius 2 is 1.00 bits per heavy atom. The van der Waals surface area contributed by atoms with Gasteiger partial charge in [-0.25, -0.2) is 0 Å². The molecule has 3 aromatic carbocycles. The molecule has 0 amide bonds. The Bertz CT molecular complexity index is 989. The van der Waals surface area contributed by atoms with Gasteiger partial charge >= 0.3 is 175 Å². The van der Waals surface area contributed by atoms with Crippen LogP contribution in [0.25, 0.3) is 0 Å². The van der Waals surface area contributed by atoms with Gasteiger partial charge in [0, 0.05) is 0 Å². The van der Waals surface area contributed by atoms with Crippen LogP contribution in [0, 0.1) is 27.7 Å². The molecule has 29 heavy (non-hydrogen) atoms. The van der Waals surface area contributed by atoms with Crippen LogP contribution >= 0.6 is 7.06 Å². The predicted octanol–water partition coefficient (Wildman–Crippen LogP) is 4.69.